The molecule has 0 spiro atoms. The van der Waals surface area contributed by atoms with E-state index in [-0.39, 0.29) is 36.3 Å². The van der Waals surface area contributed by atoms with Gasteiger partial charge in [0.15, 0.2) is 0 Å². The predicted octanol–water partition coefficient (Wildman–Crippen LogP) is 3.34. The van der Waals surface area contributed by atoms with E-state index in [1.54, 1.807) is 0 Å². The SMILES string of the molecule is C.C.C.C.CCC(C)OCCO. The fourth-order valence-electron chi connectivity index (χ4n) is 0.372. The van der Waals surface area contributed by atoms with E-state index >= 15 is 0 Å². The number of hydrogen-bond donors (Lipinski definition) is 1. The van der Waals surface area contributed by atoms with Crippen LogP contribution in [0.4, 0.5) is 0 Å². The molecule has 0 saturated carbocycles. The quantitative estimate of drug-likeness (QED) is 0.722. The summed E-state index contributed by atoms with van der Waals surface area (Å²) in [6.07, 6.45) is 1.31. The Kier molecular flexibility index (Phi) is 55.5. The summed E-state index contributed by atoms with van der Waals surface area (Å²) in [5, 5.41) is 8.29. The third-order valence-corrected chi connectivity index (χ3v) is 1.07. The van der Waals surface area contributed by atoms with Gasteiger partial charge in [-0.05, 0) is 13.3 Å². The average molecular weight is 182 g/mol. The molecular formula is C10H30O2. The number of ether oxygens (including phenoxy) is 1. The van der Waals surface area contributed by atoms with E-state index in [4.69, 9.17) is 9.84 Å². The van der Waals surface area contributed by atoms with Crippen molar-refractivity contribution in [2.75, 3.05) is 13.2 Å². The Labute approximate surface area is 80.0 Å². The third kappa shape index (κ3) is 22.5. The Morgan fingerprint density at radius 1 is 1.17 bits per heavy atom. The maximum absolute atomic E-state index is 8.29. The first-order valence-electron chi connectivity index (χ1n) is 3.03. The molecule has 0 heterocycles. The van der Waals surface area contributed by atoms with Gasteiger partial charge in [0.25, 0.3) is 0 Å². The highest BCUT2D eigenvalue weighted by molar-refractivity contribution is 4.42. The maximum Gasteiger partial charge on any atom is 0.0701 e. The number of hydrogen-bond acceptors (Lipinski definition) is 2. The molecule has 0 aromatic carbocycles. The molecule has 1 N–H and O–H groups in total. The minimum absolute atomic E-state index is 0. The first kappa shape index (κ1) is 29.7. The van der Waals surface area contributed by atoms with Crippen LogP contribution in [0.15, 0.2) is 0 Å². The lowest BCUT2D eigenvalue weighted by molar-refractivity contribution is 0.0374. The van der Waals surface area contributed by atoms with E-state index < -0.39 is 0 Å². The van der Waals surface area contributed by atoms with Gasteiger partial charge in [-0.15, -0.1) is 0 Å². The highest BCUT2D eigenvalue weighted by Crippen LogP contribution is 1.93. The number of aliphatic hydroxyl groups is 1. The van der Waals surface area contributed by atoms with Crippen LogP contribution >= 0.6 is 0 Å². The van der Waals surface area contributed by atoms with Gasteiger partial charge in [-0.1, -0.05) is 36.6 Å². The van der Waals surface area contributed by atoms with Crippen LogP contribution < -0.4 is 0 Å². The molecule has 0 fully saturated rings. The third-order valence-electron chi connectivity index (χ3n) is 1.07. The molecule has 2 heteroatoms. The fraction of sp³-hybridized carbons (Fsp3) is 1.00. The van der Waals surface area contributed by atoms with Gasteiger partial charge in [-0.3, -0.25) is 0 Å². The summed E-state index contributed by atoms with van der Waals surface area (Å²) in [4.78, 5) is 0. The summed E-state index contributed by atoms with van der Waals surface area (Å²) in [5.74, 6) is 0. The Morgan fingerprint density at radius 3 is 1.83 bits per heavy atom. The molecule has 0 aliphatic carbocycles. The van der Waals surface area contributed by atoms with Gasteiger partial charge in [-0.2, -0.15) is 0 Å². The van der Waals surface area contributed by atoms with Gasteiger partial charge in [0, 0.05) is 0 Å². The monoisotopic (exact) mass is 182 g/mol. The lowest BCUT2D eigenvalue weighted by Crippen LogP contribution is -2.09. The van der Waals surface area contributed by atoms with Crippen LogP contribution in [-0.2, 0) is 4.74 Å². The molecule has 0 aliphatic heterocycles. The van der Waals surface area contributed by atoms with Crippen molar-refractivity contribution in [3.05, 3.63) is 0 Å². The first-order valence-corrected chi connectivity index (χ1v) is 3.03. The lowest BCUT2D eigenvalue weighted by atomic mass is 10.3. The van der Waals surface area contributed by atoms with E-state index in [1.807, 2.05) is 6.92 Å². The van der Waals surface area contributed by atoms with E-state index in [1.165, 1.54) is 0 Å². The normalized spacial score (nSPS) is 9.25. The van der Waals surface area contributed by atoms with Gasteiger partial charge in [0.2, 0.25) is 0 Å². The highest BCUT2D eigenvalue weighted by Gasteiger charge is 1.94. The zero-order chi connectivity index (χ0) is 6.41. The Bertz CT molecular complexity index is 47.1. The van der Waals surface area contributed by atoms with Crippen molar-refractivity contribution >= 4 is 0 Å². The molecule has 0 bridgehead atoms. The minimum Gasteiger partial charge on any atom is -0.394 e. The zero-order valence-electron chi connectivity index (χ0n) is 5.55. The summed E-state index contributed by atoms with van der Waals surface area (Å²) in [6.45, 7) is 4.65. The average Bonchev–Trinajstić information content (AvgIpc) is 1.83. The van der Waals surface area contributed by atoms with Crippen LogP contribution in [0, 0.1) is 0 Å². The van der Waals surface area contributed by atoms with Gasteiger partial charge in [-0.25, -0.2) is 0 Å². The second-order valence-corrected chi connectivity index (χ2v) is 1.81. The largest absolute Gasteiger partial charge is 0.394 e. The second kappa shape index (κ2) is 22.4. The van der Waals surface area contributed by atoms with Crippen LogP contribution in [0.25, 0.3) is 0 Å². The molecule has 0 amide bonds. The summed E-state index contributed by atoms with van der Waals surface area (Å²) in [6, 6.07) is 0. The van der Waals surface area contributed by atoms with Crippen molar-refractivity contribution in [2.24, 2.45) is 0 Å². The van der Waals surface area contributed by atoms with Gasteiger partial charge in [0.1, 0.15) is 0 Å². The smallest absolute Gasteiger partial charge is 0.0701 e. The van der Waals surface area contributed by atoms with Crippen molar-refractivity contribution < 1.29 is 9.84 Å². The summed E-state index contributed by atoms with van der Waals surface area (Å²) in [7, 11) is 0. The Balaban J connectivity index is -0.0000000408. The standard InChI is InChI=1S/C6H14O2.4CH4/c1-3-6(2)8-5-4-7;;;;/h6-7H,3-5H2,1-2H3;4*1H4. The van der Waals surface area contributed by atoms with E-state index in [2.05, 4.69) is 6.92 Å². The topological polar surface area (TPSA) is 29.5 Å². The molecule has 1 unspecified atom stereocenters. The van der Waals surface area contributed by atoms with Crippen molar-refractivity contribution in [2.45, 2.75) is 56.1 Å². The van der Waals surface area contributed by atoms with E-state index in [0.29, 0.717) is 12.7 Å². The minimum atomic E-state index is 0. The second-order valence-electron chi connectivity index (χ2n) is 1.81. The van der Waals surface area contributed by atoms with Gasteiger partial charge in [0.05, 0.1) is 19.3 Å². The maximum atomic E-state index is 8.29. The van der Waals surface area contributed by atoms with E-state index in [9.17, 15) is 0 Å². The predicted molar refractivity (Wildman–Crippen MR) is 59.7 cm³/mol. The van der Waals surface area contributed by atoms with Gasteiger partial charge < -0.3 is 9.84 Å². The Hall–Kier alpha value is -0.0800. The molecule has 0 radical (unpaired) electrons. The first-order chi connectivity index (χ1) is 3.81. The molecule has 2 nitrogen and oxygen atoms in total. The molecule has 0 saturated heterocycles. The summed E-state index contributed by atoms with van der Waals surface area (Å²) < 4.78 is 5.09. The molecule has 1 atom stereocenters. The Morgan fingerprint density at radius 2 is 1.58 bits per heavy atom. The number of rotatable bonds is 4. The van der Waals surface area contributed by atoms with Crippen molar-refractivity contribution in [1.82, 2.24) is 0 Å². The lowest BCUT2D eigenvalue weighted by Gasteiger charge is -2.07. The summed E-state index contributed by atoms with van der Waals surface area (Å²) >= 11 is 0. The van der Waals surface area contributed by atoms with Crippen molar-refractivity contribution in [3.63, 3.8) is 0 Å². The highest BCUT2D eigenvalue weighted by atomic mass is 16.5. The fourth-order valence-corrected chi connectivity index (χ4v) is 0.372. The molecule has 0 aliphatic rings. The summed E-state index contributed by atoms with van der Waals surface area (Å²) in [5.41, 5.74) is 0. The van der Waals surface area contributed by atoms with Gasteiger partial charge >= 0.3 is 0 Å². The van der Waals surface area contributed by atoms with Crippen molar-refractivity contribution in [1.29, 1.82) is 0 Å². The molecular weight excluding hydrogens is 152 g/mol. The number of aliphatic hydroxyl groups excluding tert-OH is 1. The van der Waals surface area contributed by atoms with Crippen LogP contribution in [0.3, 0.4) is 0 Å². The molecule has 0 aromatic rings. The van der Waals surface area contributed by atoms with Crippen LogP contribution in [0.2, 0.25) is 0 Å². The molecule has 82 valence electrons. The van der Waals surface area contributed by atoms with Crippen molar-refractivity contribution in [3.8, 4) is 0 Å². The van der Waals surface area contributed by atoms with Crippen LogP contribution in [0.5, 0.6) is 0 Å². The molecule has 0 rings (SSSR count). The van der Waals surface area contributed by atoms with Crippen LogP contribution in [-0.4, -0.2) is 24.4 Å². The van der Waals surface area contributed by atoms with E-state index in [0.717, 1.165) is 6.42 Å². The van der Waals surface area contributed by atoms with Crippen LogP contribution in [0.1, 0.15) is 50.0 Å². The molecule has 0 aromatic heterocycles. The molecule has 12 heavy (non-hydrogen) atoms. The zero-order valence-corrected chi connectivity index (χ0v) is 5.55.